The highest BCUT2D eigenvalue weighted by Crippen LogP contribution is 2.11. The summed E-state index contributed by atoms with van der Waals surface area (Å²) in [6, 6.07) is -21.1. The van der Waals surface area contributed by atoms with Gasteiger partial charge in [0.2, 0.25) is 118 Å². The molecular weight excluding hydrogens is 1360 g/mol. The van der Waals surface area contributed by atoms with Crippen molar-refractivity contribution in [2.45, 2.75) is 215 Å². The summed E-state index contributed by atoms with van der Waals surface area (Å²) in [7, 11) is 0. The quantitative estimate of drug-likeness (QED) is 0.0269. The number of hydrogen-bond acceptors (Lipinski definition) is 23. The number of nitrogens with two attached hydrogens (primary N) is 9. The summed E-state index contributed by atoms with van der Waals surface area (Å²) in [6.45, 7) is 4.51. The van der Waals surface area contributed by atoms with E-state index in [0.29, 0.717) is 5.75 Å². The van der Waals surface area contributed by atoms with Crippen molar-refractivity contribution in [2.75, 3.05) is 12.0 Å². The third-order valence-electron chi connectivity index (χ3n) is 14.5. The highest BCUT2D eigenvalue weighted by molar-refractivity contribution is 7.98. The number of carboxylic acids is 1. The minimum Gasteiger partial charge on any atom is -0.480 e. The van der Waals surface area contributed by atoms with Gasteiger partial charge in [-0.1, -0.05) is 0 Å². The van der Waals surface area contributed by atoms with Gasteiger partial charge in [0.25, 0.3) is 0 Å². The Balaban J connectivity index is 6.73. The number of amides is 20. The maximum atomic E-state index is 14.0. The first-order valence-electron chi connectivity index (χ1n) is 31.4. The van der Waals surface area contributed by atoms with Gasteiger partial charge in [0.1, 0.15) is 72.5 Å². The number of carbonyl (C=O) groups excluding carboxylic acids is 20. The van der Waals surface area contributed by atoms with Gasteiger partial charge in [-0.25, -0.2) is 4.79 Å². The number of thioether (sulfide) groups is 1. The number of primary amides is 8. The summed E-state index contributed by atoms with van der Waals surface area (Å²) in [5, 5.41) is 36.8. The predicted molar refractivity (Wildman–Crippen MR) is 352 cm³/mol. The van der Waals surface area contributed by atoms with E-state index in [-0.39, 0.29) is 6.42 Å². The monoisotopic (exact) mass is 1460 g/mol. The highest BCUT2D eigenvalue weighted by Gasteiger charge is 2.36. The average Bonchev–Trinajstić information content (AvgIpc) is 0.874. The predicted octanol–water partition coefficient (Wildman–Crippen LogP) is -11.8. The maximum Gasteiger partial charge on any atom is 0.326 e. The Kier molecular flexibility index (Phi) is 41.5. The second kappa shape index (κ2) is 46.5. The fourth-order valence-electron chi connectivity index (χ4n) is 8.61. The molecule has 0 aromatic carbocycles. The van der Waals surface area contributed by atoms with Gasteiger partial charge in [0, 0.05) is 51.4 Å². The molecule has 0 aliphatic heterocycles. The molecular formula is C57H95N21O22S. The third-order valence-corrected chi connectivity index (χ3v) is 15.1. The highest BCUT2D eigenvalue weighted by atomic mass is 32.2. The van der Waals surface area contributed by atoms with Crippen LogP contribution in [0.5, 0.6) is 0 Å². The molecule has 13 unspecified atom stereocenters. The van der Waals surface area contributed by atoms with Crippen LogP contribution in [-0.2, 0) is 101 Å². The van der Waals surface area contributed by atoms with Crippen LogP contribution in [0.1, 0.15) is 137 Å². The second-order valence-corrected chi connectivity index (χ2v) is 24.2. The first-order chi connectivity index (χ1) is 47.0. The lowest BCUT2D eigenvalue weighted by atomic mass is 10.0. The SMILES string of the molecule is CSCCC(N)C(=O)NC(C)C(=O)NC(CCC(N)=O)C(=O)NC(CCC(N)=O)C(=O)NC(C)C(=O)NC(CCC(N)=O)C(=O)NC(CCC(N)=O)C(=O)NC(C)C(=O)NC(CCC(N)=O)C(=O)NC(CCC(N)=O)C(=O)NC(C)C(=O)NC(CCC(N)=O)C(=O)NC(CCC(N)=O)C(=O)O. The lowest BCUT2D eigenvalue weighted by molar-refractivity contribution is -0.143. The Morgan fingerprint density at radius 1 is 0.257 bits per heavy atom. The fourth-order valence-corrected chi connectivity index (χ4v) is 9.10. The summed E-state index contributed by atoms with van der Waals surface area (Å²) in [4.78, 5) is 269. The molecule has 0 fully saturated rings. The van der Waals surface area contributed by atoms with Crippen LogP contribution in [0.3, 0.4) is 0 Å². The zero-order valence-electron chi connectivity index (χ0n) is 56.4. The molecule has 0 saturated carbocycles. The van der Waals surface area contributed by atoms with Crippen molar-refractivity contribution in [3.05, 3.63) is 0 Å². The number of rotatable bonds is 52. The van der Waals surface area contributed by atoms with E-state index < -0.39 is 305 Å². The average molecular weight is 1460 g/mol. The van der Waals surface area contributed by atoms with Crippen molar-refractivity contribution in [3.8, 4) is 0 Å². The summed E-state index contributed by atoms with van der Waals surface area (Å²) in [6.07, 6.45) is -6.67. The summed E-state index contributed by atoms with van der Waals surface area (Å²) in [5.41, 5.74) is 48.2. The third kappa shape index (κ3) is 38.2. The van der Waals surface area contributed by atoms with Crippen molar-refractivity contribution in [3.63, 3.8) is 0 Å². The molecule has 101 heavy (non-hydrogen) atoms. The molecule has 0 aliphatic rings. The van der Waals surface area contributed by atoms with E-state index in [9.17, 15) is 106 Å². The second-order valence-electron chi connectivity index (χ2n) is 23.2. The van der Waals surface area contributed by atoms with E-state index in [1.807, 2.05) is 0 Å². The van der Waals surface area contributed by atoms with Crippen LogP contribution in [0.2, 0.25) is 0 Å². The summed E-state index contributed by atoms with van der Waals surface area (Å²) >= 11 is 1.42. The molecule has 0 rings (SSSR count). The van der Waals surface area contributed by atoms with Crippen molar-refractivity contribution in [1.29, 1.82) is 0 Å². The van der Waals surface area contributed by atoms with Crippen LogP contribution in [-0.4, -0.2) is 220 Å². The lowest BCUT2D eigenvalue weighted by Gasteiger charge is -2.27. The molecule has 0 saturated heterocycles. The fraction of sp³-hybridized carbons (Fsp3) is 0.632. The molecule has 13 atom stereocenters. The minimum atomic E-state index is -1.82. The van der Waals surface area contributed by atoms with Gasteiger partial charge in [0.15, 0.2) is 0 Å². The Morgan fingerprint density at radius 3 is 0.594 bits per heavy atom. The molecule has 0 aromatic rings. The van der Waals surface area contributed by atoms with E-state index >= 15 is 0 Å². The number of hydrogen-bond donors (Lipinski definition) is 22. The topological polar surface area (TPSA) is 757 Å². The smallest absolute Gasteiger partial charge is 0.326 e. The van der Waals surface area contributed by atoms with E-state index in [4.69, 9.17) is 51.6 Å². The molecule has 0 radical (unpaired) electrons. The van der Waals surface area contributed by atoms with Crippen molar-refractivity contribution >= 4 is 136 Å². The first kappa shape index (κ1) is 90.2. The molecule has 0 heterocycles. The maximum absolute atomic E-state index is 14.0. The van der Waals surface area contributed by atoms with Gasteiger partial charge in [-0.2, -0.15) is 11.8 Å². The van der Waals surface area contributed by atoms with Crippen molar-refractivity contribution < 1.29 is 106 Å². The zero-order chi connectivity index (χ0) is 77.6. The molecule has 0 bridgehead atoms. The number of carbonyl (C=O) groups is 21. The molecule has 31 N–H and O–H groups in total. The van der Waals surface area contributed by atoms with Gasteiger partial charge in [-0.3, -0.25) is 95.9 Å². The van der Waals surface area contributed by atoms with E-state index in [2.05, 4.69) is 63.8 Å². The Morgan fingerprint density at radius 2 is 0.416 bits per heavy atom. The molecule has 43 nitrogen and oxygen atoms in total. The molecule has 0 aromatic heterocycles. The summed E-state index contributed by atoms with van der Waals surface area (Å²) in [5.74, 6) is -22.2. The van der Waals surface area contributed by atoms with Crippen LogP contribution >= 0.6 is 11.8 Å². The molecule has 566 valence electrons. The molecule has 44 heteroatoms. The van der Waals surface area contributed by atoms with Gasteiger partial charge in [0.05, 0.1) is 6.04 Å². The van der Waals surface area contributed by atoms with Crippen LogP contribution in [0.25, 0.3) is 0 Å². The Bertz CT molecular complexity index is 3050. The van der Waals surface area contributed by atoms with E-state index in [1.165, 1.54) is 18.7 Å². The number of carboxylic acid groups (broad SMARTS) is 1. The Hall–Kier alpha value is -10.8. The van der Waals surface area contributed by atoms with E-state index in [1.54, 1.807) is 6.26 Å². The Labute approximate surface area is 582 Å². The van der Waals surface area contributed by atoms with Crippen LogP contribution in [0.15, 0.2) is 0 Å². The van der Waals surface area contributed by atoms with Gasteiger partial charge in [-0.05, 0) is 97.5 Å². The number of nitrogens with one attached hydrogen (secondary N) is 12. The molecule has 0 aliphatic carbocycles. The van der Waals surface area contributed by atoms with Crippen molar-refractivity contribution in [1.82, 2.24) is 63.8 Å². The molecule has 0 spiro atoms. The largest absolute Gasteiger partial charge is 0.480 e. The lowest BCUT2D eigenvalue weighted by Crippen LogP contribution is -2.60. The zero-order valence-corrected chi connectivity index (χ0v) is 57.2. The van der Waals surface area contributed by atoms with Gasteiger partial charge >= 0.3 is 5.97 Å². The van der Waals surface area contributed by atoms with Gasteiger partial charge in [-0.15, -0.1) is 0 Å². The first-order valence-corrected chi connectivity index (χ1v) is 32.8. The van der Waals surface area contributed by atoms with Crippen LogP contribution in [0.4, 0.5) is 0 Å². The van der Waals surface area contributed by atoms with E-state index in [0.717, 1.165) is 20.8 Å². The van der Waals surface area contributed by atoms with Crippen LogP contribution < -0.4 is 115 Å². The normalized spacial score (nSPS) is 14.7. The number of aliphatic carboxylic acids is 1. The van der Waals surface area contributed by atoms with Crippen molar-refractivity contribution in [2.24, 2.45) is 51.6 Å². The standard InChI is InChI=1S/C57H95N21O22S/c1-24(67-49(91)28(58)22-23-101-5)45(87)71-32(9-17-40(62)82)53(95)75-29(6-14-37(59)79)50(92)68-25(2)46(88)72-33(10-18-41(63)83)54(96)76-30(7-15-38(60)80)51(93)69-26(3)47(89)73-34(11-19-42(64)84)55(97)77-31(8-16-39(61)81)52(94)70-27(4)48(90)74-35(12-20-43(65)85)56(98)78-36(57(99)100)13-21-44(66)86/h24-36H,6-23,58H2,1-5H3,(H2,59,79)(H2,60,80)(H2,61,81)(H2,62,82)(H2,63,83)(H2,64,84)(H2,65,85)(H2,66,86)(H,67,91)(H,68,92)(H,69,93)(H,70,94)(H,71,87)(H,72,88)(H,73,89)(H,74,90)(H,75,95)(H,76,96)(H,77,97)(H,78,98)(H,99,100). The minimum absolute atomic E-state index is 0.269. The van der Waals surface area contributed by atoms with Gasteiger partial charge < -0.3 is 121 Å². The van der Waals surface area contributed by atoms with Crippen LogP contribution in [0, 0.1) is 0 Å². The summed E-state index contributed by atoms with van der Waals surface area (Å²) < 4.78 is 0. The molecule has 20 amide bonds.